The maximum absolute atomic E-state index is 11.8. The third-order valence-electron chi connectivity index (χ3n) is 3.88. The summed E-state index contributed by atoms with van der Waals surface area (Å²) in [5, 5.41) is 2.93. The lowest BCUT2D eigenvalue weighted by Gasteiger charge is -2.11. The van der Waals surface area contributed by atoms with Gasteiger partial charge in [-0.2, -0.15) is 0 Å². The number of anilines is 1. The Labute approximate surface area is 135 Å². The molecule has 0 fully saturated rings. The maximum Gasteiger partial charge on any atom is 0.227 e. The zero-order valence-electron chi connectivity index (χ0n) is 13.8. The molecule has 0 radical (unpaired) electrons. The van der Waals surface area contributed by atoms with E-state index in [1.807, 2.05) is 64.1 Å². The molecule has 0 aliphatic heterocycles. The van der Waals surface area contributed by atoms with Gasteiger partial charge in [-0.05, 0) is 49.2 Å². The quantitative estimate of drug-likeness (QED) is 0.762. The number of benzene rings is 2. The minimum atomic E-state index is -0.0471. The van der Waals surface area contributed by atoms with E-state index < -0.39 is 0 Å². The highest BCUT2D eigenvalue weighted by Gasteiger charge is 2.13. The van der Waals surface area contributed by atoms with Crippen LogP contribution in [0, 0.1) is 19.8 Å². The smallest absolute Gasteiger partial charge is 0.227 e. The summed E-state index contributed by atoms with van der Waals surface area (Å²) in [7, 11) is 0. The maximum atomic E-state index is 11.8. The predicted molar refractivity (Wildman–Crippen MR) is 92.4 cm³/mol. The Kier molecular flexibility index (Phi) is 3.90. The summed E-state index contributed by atoms with van der Waals surface area (Å²) in [6.07, 6.45) is 0. The van der Waals surface area contributed by atoms with E-state index in [0.717, 1.165) is 33.5 Å². The van der Waals surface area contributed by atoms with Crippen molar-refractivity contribution in [1.82, 2.24) is 4.98 Å². The number of fused-ring (bicyclic) bond motifs is 1. The van der Waals surface area contributed by atoms with Gasteiger partial charge in [0, 0.05) is 17.2 Å². The number of para-hydroxylation sites is 1. The molecular formula is C19H20N2O2. The van der Waals surface area contributed by atoms with Crippen LogP contribution in [-0.4, -0.2) is 10.9 Å². The minimum absolute atomic E-state index is 0.0123. The highest BCUT2D eigenvalue weighted by Crippen LogP contribution is 2.28. The number of rotatable bonds is 3. The van der Waals surface area contributed by atoms with E-state index in [-0.39, 0.29) is 11.8 Å². The second-order valence-corrected chi connectivity index (χ2v) is 6.11. The molecule has 0 aliphatic carbocycles. The van der Waals surface area contributed by atoms with E-state index in [4.69, 9.17) is 4.42 Å². The number of amides is 1. The fraction of sp³-hybridized carbons (Fsp3) is 0.263. The van der Waals surface area contributed by atoms with Gasteiger partial charge in [-0.15, -0.1) is 0 Å². The molecule has 1 amide bonds. The summed E-state index contributed by atoms with van der Waals surface area (Å²) in [5.74, 6) is 0.562. The normalized spacial score (nSPS) is 11.2. The Morgan fingerprint density at radius 3 is 2.57 bits per heavy atom. The number of carbonyl (C=O) groups excluding carboxylic acids is 1. The number of nitrogens with one attached hydrogen (secondary N) is 1. The molecule has 3 aromatic rings. The SMILES string of the molecule is Cc1cc(-c2nc3c(C)cccc3o2)ccc1NC(=O)C(C)C. The molecule has 23 heavy (non-hydrogen) atoms. The zero-order chi connectivity index (χ0) is 16.6. The number of aromatic nitrogens is 1. The molecule has 4 heteroatoms. The standard InChI is InChI=1S/C19H20N2O2/c1-11(2)18(22)20-15-9-8-14(10-13(15)4)19-21-17-12(3)6-5-7-16(17)23-19/h5-11H,1-4H3,(H,20,22). The average molecular weight is 308 g/mol. The van der Waals surface area contributed by atoms with Crippen LogP contribution < -0.4 is 5.32 Å². The highest BCUT2D eigenvalue weighted by atomic mass is 16.3. The van der Waals surface area contributed by atoms with Crippen LogP contribution in [0.5, 0.6) is 0 Å². The van der Waals surface area contributed by atoms with Crippen molar-refractivity contribution in [2.45, 2.75) is 27.7 Å². The first-order valence-electron chi connectivity index (χ1n) is 7.74. The van der Waals surface area contributed by atoms with E-state index in [9.17, 15) is 4.79 Å². The van der Waals surface area contributed by atoms with Crippen molar-refractivity contribution in [3.8, 4) is 11.5 Å². The van der Waals surface area contributed by atoms with Gasteiger partial charge in [0.05, 0.1) is 0 Å². The number of aryl methyl sites for hydroxylation is 2. The van der Waals surface area contributed by atoms with Crippen molar-refractivity contribution in [3.63, 3.8) is 0 Å². The van der Waals surface area contributed by atoms with E-state index in [1.165, 1.54) is 0 Å². The molecule has 4 nitrogen and oxygen atoms in total. The second kappa shape index (κ2) is 5.88. The van der Waals surface area contributed by atoms with E-state index in [1.54, 1.807) is 0 Å². The first-order chi connectivity index (χ1) is 11.0. The molecule has 0 unspecified atom stereocenters. The Morgan fingerprint density at radius 1 is 1.13 bits per heavy atom. The van der Waals surface area contributed by atoms with Crippen LogP contribution in [0.1, 0.15) is 25.0 Å². The minimum Gasteiger partial charge on any atom is -0.436 e. The fourth-order valence-corrected chi connectivity index (χ4v) is 2.42. The monoisotopic (exact) mass is 308 g/mol. The van der Waals surface area contributed by atoms with Crippen molar-refractivity contribution in [2.24, 2.45) is 5.92 Å². The third-order valence-corrected chi connectivity index (χ3v) is 3.88. The molecule has 0 saturated carbocycles. The first-order valence-corrected chi connectivity index (χ1v) is 7.74. The van der Waals surface area contributed by atoms with Gasteiger partial charge in [0.1, 0.15) is 5.52 Å². The molecule has 0 spiro atoms. The number of hydrogen-bond acceptors (Lipinski definition) is 3. The van der Waals surface area contributed by atoms with E-state index in [0.29, 0.717) is 5.89 Å². The molecule has 1 N–H and O–H groups in total. The number of nitrogens with zero attached hydrogens (tertiary/aromatic N) is 1. The van der Waals surface area contributed by atoms with Gasteiger partial charge in [0.25, 0.3) is 0 Å². The molecule has 0 aliphatic rings. The number of hydrogen-bond donors (Lipinski definition) is 1. The largest absolute Gasteiger partial charge is 0.436 e. The van der Waals surface area contributed by atoms with Gasteiger partial charge in [-0.25, -0.2) is 4.98 Å². The van der Waals surface area contributed by atoms with Crippen LogP contribution in [0.3, 0.4) is 0 Å². The van der Waals surface area contributed by atoms with Crippen LogP contribution in [0.25, 0.3) is 22.6 Å². The van der Waals surface area contributed by atoms with Gasteiger partial charge in [-0.1, -0.05) is 26.0 Å². The lowest BCUT2D eigenvalue weighted by molar-refractivity contribution is -0.118. The molecule has 0 saturated heterocycles. The van der Waals surface area contributed by atoms with Crippen molar-refractivity contribution in [2.75, 3.05) is 5.32 Å². The summed E-state index contributed by atoms with van der Waals surface area (Å²) in [6, 6.07) is 11.7. The lowest BCUT2D eigenvalue weighted by atomic mass is 10.1. The van der Waals surface area contributed by atoms with Crippen molar-refractivity contribution in [1.29, 1.82) is 0 Å². The predicted octanol–water partition coefficient (Wildman–Crippen LogP) is 4.71. The van der Waals surface area contributed by atoms with Gasteiger partial charge in [0.2, 0.25) is 11.8 Å². The highest BCUT2D eigenvalue weighted by molar-refractivity contribution is 5.93. The third kappa shape index (κ3) is 2.97. The van der Waals surface area contributed by atoms with E-state index >= 15 is 0 Å². The summed E-state index contributed by atoms with van der Waals surface area (Å²) in [6.45, 7) is 7.73. The van der Waals surface area contributed by atoms with Gasteiger partial charge in [0.15, 0.2) is 5.58 Å². The molecule has 1 aromatic heterocycles. The molecular weight excluding hydrogens is 288 g/mol. The Hall–Kier alpha value is -2.62. The summed E-state index contributed by atoms with van der Waals surface area (Å²) in [5.41, 5.74) is 5.47. The number of carbonyl (C=O) groups is 1. The Bertz CT molecular complexity index is 878. The first kappa shape index (κ1) is 15.3. The van der Waals surface area contributed by atoms with Crippen LogP contribution in [0.2, 0.25) is 0 Å². The summed E-state index contributed by atoms with van der Waals surface area (Å²) < 4.78 is 5.85. The van der Waals surface area contributed by atoms with Gasteiger partial charge >= 0.3 is 0 Å². The lowest BCUT2D eigenvalue weighted by Crippen LogP contribution is -2.18. The zero-order valence-corrected chi connectivity index (χ0v) is 13.8. The van der Waals surface area contributed by atoms with Crippen LogP contribution in [0.4, 0.5) is 5.69 Å². The van der Waals surface area contributed by atoms with Crippen LogP contribution in [0.15, 0.2) is 40.8 Å². The van der Waals surface area contributed by atoms with Crippen LogP contribution in [-0.2, 0) is 4.79 Å². The fourth-order valence-electron chi connectivity index (χ4n) is 2.42. The average Bonchev–Trinajstić information content (AvgIpc) is 2.94. The van der Waals surface area contributed by atoms with Crippen molar-refractivity contribution < 1.29 is 9.21 Å². The topological polar surface area (TPSA) is 55.1 Å². The molecule has 3 rings (SSSR count). The van der Waals surface area contributed by atoms with Gasteiger partial charge < -0.3 is 9.73 Å². The van der Waals surface area contributed by atoms with Crippen molar-refractivity contribution in [3.05, 3.63) is 47.5 Å². The molecule has 1 heterocycles. The van der Waals surface area contributed by atoms with Crippen LogP contribution >= 0.6 is 0 Å². The summed E-state index contributed by atoms with van der Waals surface area (Å²) in [4.78, 5) is 16.4. The Balaban J connectivity index is 1.95. The molecule has 2 aromatic carbocycles. The van der Waals surface area contributed by atoms with Gasteiger partial charge in [-0.3, -0.25) is 4.79 Å². The molecule has 0 bridgehead atoms. The second-order valence-electron chi connectivity index (χ2n) is 6.11. The molecule has 118 valence electrons. The molecule has 0 atom stereocenters. The Morgan fingerprint density at radius 2 is 1.91 bits per heavy atom. The number of oxazole rings is 1. The summed E-state index contributed by atoms with van der Waals surface area (Å²) >= 11 is 0. The van der Waals surface area contributed by atoms with E-state index in [2.05, 4.69) is 10.3 Å². The van der Waals surface area contributed by atoms with Crippen molar-refractivity contribution >= 4 is 22.7 Å².